The molecule has 1 aliphatic rings. The summed E-state index contributed by atoms with van der Waals surface area (Å²) in [6, 6.07) is 27.3. The predicted molar refractivity (Wildman–Crippen MR) is 138 cm³/mol. The molecular weight excluding hydrogens is 493 g/mol. The molecule has 0 spiro atoms. The van der Waals surface area contributed by atoms with Crippen LogP contribution in [0, 0.1) is 0 Å². The molecule has 4 aromatic rings. The minimum atomic E-state index is -4.46. The van der Waals surface area contributed by atoms with E-state index in [4.69, 9.17) is 9.47 Å². The van der Waals surface area contributed by atoms with Crippen LogP contribution in [0.15, 0.2) is 97.1 Å². The second-order valence-electron chi connectivity index (χ2n) is 8.90. The fourth-order valence-corrected chi connectivity index (χ4v) is 4.50. The summed E-state index contributed by atoms with van der Waals surface area (Å²) in [4.78, 5) is 15.3. The third kappa shape index (κ3) is 5.29. The molecule has 5 rings (SSSR count). The summed E-state index contributed by atoms with van der Waals surface area (Å²) in [6.07, 6.45) is -4.95. The minimum Gasteiger partial charge on any atom is -0.496 e. The van der Waals surface area contributed by atoms with Crippen LogP contribution in [0.5, 0.6) is 11.5 Å². The summed E-state index contributed by atoms with van der Waals surface area (Å²) in [6.45, 7) is 0.363. The van der Waals surface area contributed by atoms with Crippen molar-refractivity contribution in [2.75, 3.05) is 12.4 Å². The maximum Gasteiger partial charge on any atom is 0.416 e. The maximum atomic E-state index is 13.6. The average Bonchev–Trinajstić information content (AvgIpc) is 2.93. The molecule has 4 aromatic carbocycles. The first-order chi connectivity index (χ1) is 18.3. The number of hydrogen-bond acceptors (Lipinski definition) is 4. The highest BCUT2D eigenvalue weighted by Crippen LogP contribution is 2.36. The predicted octanol–water partition coefficient (Wildman–Crippen LogP) is 7.06. The van der Waals surface area contributed by atoms with E-state index in [1.165, 1.54) is 19.2 Å². The van der Waals surface area contributed by atoms with Crippen molar-refractivity contribution in [3.8, 4) is 11.5 Å². The Hall–Kier alpha value is -4.46. The van der Waals surface area contributed by atoms with E-state index in [1.54, 1.807) is 17.0 Å². The molecule has 1 heterocycles. The molecule has 194 valence electrons. The maximum absolute atomic E-state index is 13.6. The van der Waals surface area contributed by atoms with Gasteiger partial charge in [-0.2, -0.15) is 13.2 Å². The van der Waals surface area contributed by atoms with Crippen LogP contribution < -0.4 is 14.8 Å². The molecule has 1 aliphatic heterocycles. The molecule has 1 unspecified atom stereocenters. The average molecular weight is 519 g/mol. The van der Waals surface area contributed by atoms with E-state index in [1.807, 2.05) is 60.7 Å². The molecule has 1 amide bonds. The lowest BCUT2D eigenvalue weighted by Crippen LogP contribution is -2.42. The highest BCUT2D eigenvalue weighted by Gasteiger charge is 2.33. The van der Waals surface area contributed by atoms with Gasteiger partial charge in [-0.1, -0.05) is 54.6 Å². The lowest BCUT2D eigenvalue weighted by Gasteiger charge is -2.38. The first-order valence-electron chi connectivity index (χ1n) is 12.0. The summed E-state index contributed by atoms with van der Waals surface area (Å²) in [7, 11) is 1.52. The second-order valence-corrected chi connectivity index (χ2v) is 8.90. The van der Waals surface area contributed by atoms with Gasteiger partial charge in [-0.15, -0.1) is 0 Å². The van der Waals surface area contributed by atoms with Crippen molar-refractivity contribution in [1.82, 2.24) is 4.90 Å². The summed E-state index contributed by atoms with van der Waals surface area (Å²) < 4.78 is 50.6. The number of nitrogens with zero attached hydrogens (tertiary/aromatic N) is 1. The fraction of sp³-hybridized carbons (Fsp3) is 0.167. The van der Waals surface area contributed by atoms with Crippen molar-refractivity contribution in [2.24, 2.45) is 0 Å². The van der Waals surface area contributed by atoms with Gasteiger partial charge in [0.1, 0.15) is 24.3 Å². The number of amides is 1. The van der Waals surface area contributed by atoms with Crippen LogP contribution in [0.4, 0.5) is 18.9 Å². The molecule has 0 aliphatic carbocycles. The number of anilines is 1. The van der Waals surface area contributed by atoms with E-state index in [9.17, 15) is 18.0 Å². The van der Waals surface area contributed by atoms with Gasteiger partial charge in [0, 0.05) is 17.8 Å². The SMILES string of the molecule is COc1ccc(C2Nc3ccccc3C(=O)N2Cc2ccccc2)cc1COc1cccc(C(F)(F)F)c1. The number of methoxy groups -OCH3 is 1. The van der Waals surface area contributed by atoms with Crippen molar-refractivity contribution in [2.45, 2.75) is 25.5 Å². The number of carbonyl (C=O) groups excluding carboxylic acids is 1. The van der Waals surface area contributed by atoms with Gasteiger partial charge in [-0.25, -0.2) is 0 Å². The lowest BCUT2D eigenvalue weighted by atomic mass is 10.0. The molecule has 0 bridgehead atoms. The Balaban J connectivity index is 1.46. The van der Waals surface area contributed by atoms with E-state index in [0.717, 1.165) is 28.9 Å². The normalized spacial score (nSPS) is 15.0. The van der Waals surface area contributed by atoms with E-state index in [0.29, 0.717) is 23.4 Å². The van der Waals surface area contributed by atoms with Crippen LogP contribution in [0.3, 0.4) is 0 Å². The standard InChI is InChI=1S/C30H25F3N2O3/c1-37-27-15-14-21(16-22(27)19-38-24-11-7-10-23(17-24)30(31,32)33)28-34-26-13-6-5-12-25(26)29(36)35(28)18-20-8-3-2-4-9-20/h2-17,28,34H,18-19H2,1H3. The van der Waals surface area contributed by atoms with E-state index >= 15 is 0 Å². The molecule has 8 heteroatoms. The summed E-state index contributed by atoms with van der Waals surface area (Å²) >= 11 is 0. The van der Waals surface area contributed by atoms with Gasteiger partial charge in [0.25, 0.3) is 5.91 Å². The fourth-order valence-electron chi connectivity index (χ4n) is 4.50. The molecule has 5 nitrogen and oxygen atoms in total. The zero-order valence-corrected chi connectivity index (χ0v) is 20.5. The van der Waals surface area contributed by atoms with E-state index in [-0.39, 0.29) is 18.3 Å². The number of para-hydroxylation sites is 1. The van der Waals surface area contributed by atoms with Gasteiger partial charge in [0.15, 0.2) is 0 Å². The van der Waals surface area contributed by atoms with E-state index < -0.39 is 17.9 Å². The largest absolute Gasteiger partial charge is 0.496 e. The van der Waals surface area contributed by atoms with Crippen molar-refractivity contribution in [3.63, 3.8) is 0 Å². The van der Waals surface area contributed by atoms with Gasteiger partial charge < -0.3 is 19.7 Å². The third-order valence-corrected chi connectivity index (χ3v) is 6.39. The minimum absolute atomic E-state index is 0.0196. The molecular formula is C30H25F3N2O3. The number of hydrogen-bond donors (Lipinski definition) is 1. The summed E-state index contributed by atoms with van der Waals surface area (Å²) in [5.41, 5.74) is 2.93. The Bertz CT molecular complexity index is 1440. The third-order valence-electron chi connectivity index (χ3n) is 6.39. The summed E-state index contributed by atoms with van der Waals surface area (Å²) in [5.74, 6) is 0.515. The Morgan fingerprint density at radius 2 is 1.66 bits per heavy atom. The number of alkyl halides is 3. The second kappa shape index (κ2) is 10.5. The van der Waals surface area contributed by atoms with Crippen LogP contribution in [-0.2, 0) is 19.3 Å². The smallest absolute Gasteiger partial charge is 0.416 e. The number of halogens is 3. The van der Waals surface area contributed by atoms with Gasteiger partial charge in [-0.3, -0.25) is 4.79 Å². The monoisotopic (exact) mass is 518 g/mol. The molecule has 0 saturated heterocycles. The van der Waals surface area contributed by atoms with Crippen molar-refractivity contribution < 1.29 is 27.4 Å². The number of carbonyl (C=O) groups is 1. The molecule has 0 radical (unpaired) electrons. The van der Waals surface area contributed by atoms with Crippen LogP contribution in [0.25, 0.3) is 0 Å². The molecule has 1 N–H and O–H groups in total. The Morgan fingerprint density at radius 3 is 2.42 bits per heavy atom. The van der Waals surface area contributed by atoms with Crippen LogP contribution >= 0.6 is 0 Å². The van der Waals surface area contributed by atoms with Gasteiger partial charge in [-0.05, 0) is 53.6 Å². The van der Waals surface area contributed by atoms with Gasteiger partial charge in [0.2, 0.25) is 0 Å². The Labute approximate surface area is 218 Å². The van der Waals surface area contributed by atoms with Crippen LogP contribution in [0.1, 0.15) is 38.8 Å². The van der Waals surface area contributed by atoms with Crippen molar-refractivity contribution >= 4 is 11.6 Å². The highest BCUT2D eigenvalue weighted by atomic mass is 19.4. The highest BCUT2D eigenvalue weighted by molar-refractivity contribution is 6.01. The van der Waals surface area contributed by atoms with E-state index in [2.05, 4.69) is 5.32 Å². The first-order valence-corrected chi connectivity index (χ1v) is 12.0. The topological polar surface area (TPSA) is 50.8 Å². The Kier molecular flexibility index (Phi) is 6.96. The Morgan fingerprint density at radius 1 is 0.895 bits per heavy atom. The van der Waals surface area contributed by atoms with Crippen LogP contribution in [0.2, 0.25) is 0 Å². The van der Waals surface area contributed by atoms with Gasteiger partial charge in [0.05, 0.1) is 18.2 Å². The van der Waals surface area contributed by atoms with Gasteiger partial charge >= 0.3 is 6.18 Å². The first kappa shape index (κ1) is 25.2. The van der Waals surface area contributed by atoms with Crippen molar-refractivity contribution in [3.05, 3.63) is 125 Å². The lowest BCUT2D eigenvalue weighted by molar-refractivity contribution is -0.137. The number of fused-ring (bicyclic) bond motifs is 1. The number of nitrogens with one attached hydrogen (secondary N) is 1. The molecule has 38 heavy (non-hydrogen) atoms. The molecule has 0 fully saturated rings. The molecule has 0 saturated carbocycles. The van der Waals surface area contributed by atoms with Crippen LogP contribution in [-0.4, -0.2) is 17.9 Å². The number of benzene rings is 4. The molecule has 0 aromatic heterocycles. The zero-order valence-electron chi connectivity index (χ0n) is 20.5. The van der Waals surface area contributed by atoms with Crippen molar-refractivity contribution in [1.29, 1.82) is 0 Å². The summed E-state index contributed by atoms with van der Waals surface area (Å²) in [5, 5.41) is 3.48. The number of rotatable bonds is 7. The number of ether oxygens (including phenoxy) is 2. The molecule has 1 atom stereocenters. The zero-order chi connectivity index (χ0) is 26.7. The quantitative estimate of drug-likeness (QED) is 0.285.